The zero-order chi connectivity index (χ0) is 13.8. The van der Waals surface area contributed by atoms with Crippen molar-refractivity contribution in [1.29, 1.82) is 0 Å². The van der Waals surface area contributed by atoms with Crippen LogP contribution in [0.5, 0.6) is 0 Å². The maximum Gasteiger partial charge on any atom is 0.266 e. The van der Waals surface area contributed by atoms with Crippen molar-refractivity contribution < 1.29 is 25.9 Å². The second-order valence-corrected chi connectivity index (χ2v) is 7.79. The molecule has 108 valence electrons. The number of likely N-dealkylation sites (tertiary alicyclic amines) is 1. The van der Waals surface area contributed by atoms with E-state index in [0.717, 1.165) is 12.8 Å². The summed E-state index contributed by atoms with van der Waals surface area (Å²) in [5, 5.41) is 0. The van der Waals surface area contributed by atoms with Gasteiger partial charge < -0.3 is 4.90 Å². The second-order valence-electron chi connectivity index (χ2n) is 4.65. The quantitative estimate of drug-likeness (QED) is 0.657. The van der Waals surface area contributed by atoms with Gasteiger partial charge in [-0.3, -0.25) is 9.11 Å². The standard InChI is InChI=1S/C9H19NO6S2/c11-17(12,13)7-3-9-1-4-10(5-2-9)6-8-18(14,15)16/h9H,1-8H2,(H,11,12,13)(H,14,15,16). The van der Waals surface area contributed by atoms with Crippen molar-refractivity contribution in [3.8, 4) is 0 Å². The molecule has 7 nitrogen and oxygen atoms in total. The van der Waals surface area contributed by atoms with Gasteiger partial charge in [0, 0.05) is 6.54 Å². The summed E-state index contributed by atoms with van der Waals surface area (Å²) in [5.41, 5.74) is 0. The van der Waals surface area contributed by atoms with E-state index in [-0.39, 0.29) is 17.4 Å². The molecule has 0 spiro atoms. The maximum atomic E-state index is 10.6. The van der Waals surface area contributed by atoms with E-state index in [9.17, 15) is 16.8 Å². The van der Waals surface area contributed by atoms with Gasteiger partial charge in [-0.25, -0.2) is 0 Å². The molecule has 0 radical (unpaired) electrons. The van der Waals surface area contributed by atoms with Crippen LogP contribution in [-0.2, 0) is 20.2 Å². The van der Waals surface area contributed by atoms with E-state index in [4.69, 9.17) is 9.11 Å². The van der Waals surface area contributed by atoms with E-state index in [1.54, 1.807) is 0 Å². The van der Waals surface area contributed by atoms with Crippen molar-refractivity contribution in [1.82, 2.24) is 4.90 Å². The molecule has 1 fully saturated rings. The summed E-state index contributed by atoms with van der Waals surface area (Å²) in [6.45, 7) is 1.67. The van der Waals surface area contributed by atoms with E-state index in [1.807, 2.05) is 4.90 Å². The van der Waals surface area contributed by atoms with Crippen molar-refractivity contribution in [3.05, 3.63) is 0 Å². The smallest absolute Gasteiger partial charge is 0.266 e. The first kappa shape index (κ1) is 15.8. The lowest BCUT2D eigenvalue weighted by Gasteiger charge is -2.31. The lowest BCUT2D eigenvalue weighted by atomic mass is 9.94. The lowest BCUT2D eigenvalue weighted by Crippen LogP contribution is -2.37. The Morgan fingerprint density at radius 2 is 1.44 bits per heavy atom. The summed E-state index contributed by atoms with van der Waals surface area (Å²) in [4.78, 5) is 1.93. The van der Waals surface area contributed by atoms with Crippen LogP contribution >= 0.6 is 0 Å². The van der Waals surface area contributed by atoms with Crippen molar-refractivity contribution in [2.45, 2.75) is 19.3 Å². The highest BCUT2D eigenvalue weighted by molar-refractivity contribution is 7.86. The van der Waals surface area contributed by atoms with E-state index in [0.29, 0.717) is 26.1 Å². The normalized spacial score (nSPS) is 20.1. The minimum Gasteiger partial charge on any atom is -0.302 e. The molecule has 1 aliphatic heterocycles. The fourth-order valence-corrected chi connectivity index (χ4v) is 3.18. The molecule has 9 heteroatoms. The van der Waals surface area contributed by atoms with Gasteiger partial charge >= 0.3 is 0 Å². The van der Waals surface area contributed by atoms with Crippen LogP contribution in [0.3, 0.4) is 0 Å². The molecule has 0 saturated carbocycles. The van der Waals surface area contributed by atoms with Gasteiger partial charge in [0.05, 0.1) is 11.5 Å². The summed E-state index contributed by atoms with van der Waals surface area (Å²) in [7, 11) is -7.81. The van der Waals surface area contributed by atoms with Gasteiger partial charge in [-0.1, -0.05) is 0 Å². The van der Waals surface area contributed by atoms with Gasteiger partial charge in [-0.05, 0) is 38.3 Å². The van der Waals surface area contributed by atoms with Crippen LogP contribution in [0, 0.1) is 5.92 Å². The Morgan fingerprint density at radius 3 is 1.89 bits per heavy atom. The summed E-state index contributed by atoms with van der Waals surface area (Å²) in [6, 6.07) is 0. The molecule has 0 aliphatic carbocycles. The molecule has 2 N–H and O–H groups in total. The summed E-state index contributed by atoms with van der Waals surface area (Å²) in [6.07, 6.45) is 1.99. The van der Waals surface area contributed by atoms with Crippen LogP contribution in [0.4, 0.5) is 0 Å². The van der Waals surface area contributed by atoms with Crippen LogP contribution < -0.4 is 0 Å². The molecule has 0 unspecified atom stereocenters. The number of piperidine rings is 1. The number of hydrogen-bond donors (Lipinski definition) is 2. The maximum absolute atomic E-state index is 10.6. The molecule has 1 rings (SSSR count). The minimum absolute atomic E-state index is 0.220. The SMILES string of the molecule is O=S(=O)(O)CCC1CCN(CCS(=O)(=O)O)CC1. The Hall–Kier alpha value is -0.220. The Kier molecular flexibility index (Phi) is 5.53. The lowest BCUT2D eigenvalue weighted by molar-refractivity contribution is 0.190. The zero-order valence-corrected chi connectivity index (χ0v) is 11.7. The number of hydrogen-bond acceptors (Lipinski definition) is 5. The highest BCUT2D eigenvalue weighted by Crippen LogP contribution is 2.20. The van der Waals surface area contributed by atoms with Gasteiger partial charge in [-0.15, -0.1) is 0 Å². The van der Waals surface area contributed by atoms with Crippen LogP contribution in [0.25, 0.3) is 0 Å². The van der Waals surface area contributed by atoms with Crippen LogP contribution in [0.15, 0.2) is 0 Å². The Morgan fingerprint density at radius 1 is 0.944 bits per heavy atom. The third-order valence-corrected chi connectivity index (χ3v) is 4.61. The average molecular weight is 301 g/mol. The average Bonchev–Trinajstić information content (AvgIpc) is 2.23. The number of rotatable bonds is 6. The number of nitrogens with zero attached hydrogens (tertiary/aromatic N) is 1. The van der Waals surface area contributed by atoms with Crippen LogP contribution in [0.1, 0.15) is 19.3 Å². The van der Waals surface area contributed by atoms with Gasteiger partial charge in [0.1, 0.15) is 0 Å². The first-order valence-electron chi connectivity index (χ1n) is 5.78. The molecule has 0 aromatic rings. The summed E-state index contributed by atoms with van der Waals surface area (Å²) in [5.74, 6) is -0.250. The van der Waals surface area contributed by atoms with E-state index < -0.39 is 20.2 Å². The fraction of sp³-hybridized carbons (Fsp3) is 1.00. The van der Waals surface area contributed by atoms with Crippen molar-refractivity contribution >= 4 is 20.2 Å². The second kappa shape index (κ2) is 6.29. The predicted octanol–water partition coefficient (Wildman–Crippen LogP) is -0.136. The van der Waals surface area contributed by atoms with Gasteiger partial charge in [0.2, 0.25) is 0 Å². The Bertz CT molecular complexity index is 405. The zero-order valence-electron chi connectivity index (χ0n) is 10.0. The third-order valence-electron chi connectivity index (χ3n) is 3.16. The molecule has 0 aromatic carbocycles. The monoisotopic (exact) mass is 301 g/mol. The van der Waals surface area contributed by atoms with Gasteiger partial charge in [-0.2, -0.15) is 16.8 Å². The fourth-order valence-electron chi connectivity index (χ4n) is 2.06. The topological polar surface area (TPSA) is 112 Å². The molecular weight excluding hydrogens is 282 g/mol. The van der Waals surface area contributed by atoms with Gasteiger partial charge in [0.15, 0.2) is 0 Å². The molecule has 1 saturated heterocycles. The highest BCUT2D eigenvalue weighted by Gasteiger charge is 2.21. The molecule has 18 heavy (non-hydrogen) atoms. The predicted molar refractivity (Wildman–Crippen MR) is 66.6 cm³/mol. The van der Waals surface area contributed by atoms with Crippen molar-refractivity contribution in [3.63, 3.8) is 0 Å². The molecule has 1 aliphatic rings. The Labute approximate surface area is 108 Å². The molecular formula is C9H19NO6S2. The molecule has 0 amide bonds. The van der Waals surface area contributed by atoms with Gasteiger partial charge in [0.25, 0.3) is 20.2 Å². The van der Waals surface area contributed by atoms with E-state index >= 15 is 0 Å². The van der Waals surface area contributed by atoms with Crippen molar-refractivity contribution in [2.75, 3.05) is 31.1 Å². The van der Waals surface area contributed by atoms with E-state index in [1.165, 1.54) is 0 Å². The largest absolute Gasteiger partial charge is 0.302 e. The first-order valence-corrected chi connectivity index (χ1v) is 9.00. The van der Waals surface area contributed by atoms with Crippen molar-refractivity contribution in [2.24, 2.45) is 5.92 Å². The summed E-state index contributed by atoms with van der Waals surface area (Å²) < 4.78 is 59.6. The highest BCUT2D eigenvalue weighted by atomic mass is 32.2. The van der Waals surface area contributed by atoms with Crippen LogP contribution in [-0.4, -0.2) is 62.0 Å². The molecule has 0 atom stereocenters. The van der Waals surface area contributed by atoms with Crippen LogP contribution in [0.2, 0.25) is 0 Å². The third kappa shape index (κ3) is 7.27. The molecule has 0 aromatic heterocycles. The molecule has 1 heterocycles. The molecule has 0 bridgehead atoms. The first-order chi connectivity index (χ1) is 8.16. The van der Waals surface area contributed by atoms with E-state index in [2.05, 4.69) is 0 Å². The Balaban J connectivity index is 2.25. The summed E-state index contributed by atoms with van der Waals surface area (Å²) >= 11 is 0. The minimum atomic E-state index is -3.92.